The minimum Gasteiger partial charge on any atom is -0.384 e. The van der Waals surface area contributed by atoms with Crippen LogP contribution >= 0.6 is 0 Å². The molecule has 0 aliphatic heterocycles. The zero-order valence-corrected chi connectivity index (χ0v) is 10.3. The summed E-state index contributed by atoms with van der Waals surface area (Å²) in [7, 11) is 0. The lowest BCUT2D eigenvalue weighted by Gasteiger charge is -2.06. The molecule has 0 fully saturated rings. The molecule has 100 valence electrons. The first-order chi connectivity index (χ1) is 9.70. The second-order valence-corrected chi connectivity index (χ2v) is 3.73. The predicted octanol–water partition coefficient (Wildman–Crippen LogP) is 1.21. The van der Waals surface area contributed by atoms with Gasteiger partial charge in [-0.1, -0.05) is 11.8 Å². The standard InChI is InChI=1S/C14H10FN3O2/c15-11-4-3-10(2-1-5-19)13(6-11)14(20)18-12-7-16-9-17-8-12/h3-4,6-9,19H,5H2,(H,18,20). The van der Waals surface area contributed by atoms with E-state index in [0.29, 0.717) is 11.3 Å². The van der Waals surface area contributed by atoms with Gasteiger partial charge < -0.3 is 10.4 Å². The molecule has 2 aromatic rings. The summed E-state index contributed by atoms with van der Waals surface area (Å²) in [6.45, 7) is -0.342. The van der Waals surface area contributed by atoms with Crippen LogP contribution in [0.4, 0.5) is 10.1 Å². The third-order valence-corrected chi connectivity index (χ3v) is 2.35. The van der Waals surface area contributed by atoms with Gasteiger partial charge in [-0.25, -0.2) is 14.4 Å². The molecule has 0 radical (unpaired) electrons. The maximum absolute atomic E-state index is 13.3. The third-order valence-electron chi connectivity index (χ3n) is 2.35. The fraction of sp³-hybridized carbons (Fsp3) is 0.0714. The van der Waals surface area contributed by atoms with E-state index in [-0.39, 0.29) is 12.2 Å². The first kappa shape index (κ1) is 13.6. The van der Waals surface area contributed by atoms with Crippen molar-refractivity contribution in [3.05, 3.63) is 53.9 Å². The molecule has 1 heterocycles. The molecule has 6 heteroatoms. The number of rotatable bonds is 2. The quantitative estimate of drug-likeness (QED) is 0.805. The van der Waals surface area contributed by atoms with E-state index >= 15 is 0 Å². The normalized spacial score (nSPS) is 9.50. The van der Waals surface area contributed by atoms with Gasteiger partial charge in [-0.3, -0.25) is 4.79 Å². The van der Waals surface area contributed by atoms with Crippen LogP contribution < -0.4 is 5.32 Å². The first-order valence-electron chi connectivity index (χ1n) is 5.66. The zero-order valence-electron chi connectivity index (χ0n) is 10.3. The van der Waals surface area contributed by atoms with E-state index in [2.05, 4.69) is 27.1 Å². The van der Waals surface area contributed by atoms with Gasteiger partial charge >= 0.3 is 0 Å². The van der Waals surface area contributed by atoms with Crippen LogP contribution in [0.5, 0.6) is 0 Å². The number of nitrogens with one attached hydrogen (secondary N) is 1. The Labute approximate surface area is 114 Å². The van der Waals surface area contributed by atoms with Crippen molar-refractivity contribution in [1.82, 2.24) is 9.97 Å². The SMILES string of the molecule is O=C(Nc1cncnc1)c1cc(F)ccc1C#CCO. The molecule has 0 saturated carbocycles. The Bertz CT molecular complexity index is 678. The Morgan fingerprint density at radius 1 is 1.35 bits per heavy atom. The molecule has 0 bridgehead atoms. The molecule has 20 heavy (non-hydrogen) atoms. The van der Waals surface area contributed by atoms with Crippen LogP contribution in [-0.4, -0.2) is 27.6 Å². The van der Waals surface area contributed by atoms with Gasteiger partial charge in [-0.05, 0) is 18.2 Å². The number of hydrogen-bond donors (Lipinski definition) is 2. The van der Waals surface area contributed by atoms with Gasteiger partial charge in [0, 0.05) is 5.56 Å². The number of amides is 1. The molecule has 0 atom stereocenters. The lowest BCUT2D eigenvalue weighted by atomic mass is 10.1. The van der Waals surface area contributed by atoms with Crippen LogP contribution in [0.1, 0.15) is 15.9 Å². The monoisotopic (exact) mass is 271 g/mol. The van der Waals surface area contributed by atoms with Gasteiger partial charge in [0.05, 0.1) is 23.6 Å². The maximum atomic E-state index is 13.3. The van der Waals surface area contributed by atoms with E-state index in [1.54, 1.807) is 0 Å². The highest BCUT2D eigenvalue weighted by Crippen LogP contribution is 2.13. The van der Waals surface area contributed by atoms with E-state index < -0.39 is 11.7 Å². The highest BCUT2D eigenvalue weighted by atomic mass is 19.1. The summed E-state index contributed by atoms with van der Waals surface area (Å²) in [6, 6.07) is 3.67. The average Bonchev–Trinajstić information content (AvgIpc) is 2.47. The summed E-state index contributed by atoms with van der Waals surface area (Å²) in [5.41, 5.74) is 0.799. The van der Waals surface area contributed by atoms with Crippen molar-refractivity contribution >= 4 is 11.6 Å². The van der Waals surface area contributed by atoms with Crippen LogP contribution in [0.25, 0.3) is 0 Å². The molecule has 1 aromatic heterocycles. The Morgan fingerprint density at radius 3 is 2.80 bits per heavy atom. The topological polar surface area (TPSA) is 75.1 Å². The average molecular weight is 271 g/mol. The molecule has 0 saturated heterocycles. The van der Waals surface area contributed by atoms with Crippen LogP contribution in [0.15, 0.2) is 36.9 Å². The molecule has 2 N–H and O–H groups in total. The van der Waals surface area contributed by atoms with E-state index in [1.165, 1.54) is 30.9 Å². The van der Waals surface area contributed by atoms with Gasteiger partial charge in [-0.2, -0.15) is 0 Å². The van der Waals surface area contributed by atoms with Crippen LogP contribution in [0, 0.1) is 17.7 Å². The number of hydrogen-bond acceptors (Lipinski definition) is 4. The number of carbonyl (C=O) groups excluding carboxylic acids is 1. The number of aliphatic hydroxyl groups is 1. The lowest BCUT2D eigenvalue weighted by molar-refractivity contribution is 0.102. The first-order valence-corrected chi connectivity index (χ1v) is 5.66. The molecular weight excluding hydrogens is 261 g/mol. The van der Waals surface area contributed by atoms with Crippen molar-refractivity contribution in [2.24, 2.45) is 0 Å². The third kappa shape index (κ3) is 3.37. The fourth-order valence-corrected chi connectivity index (χ4v) is 1.51. The molecule has 1 aromatic carbocycles. The van der Waals surface area contributed by atoms with Gasteiger partial charge in [0.2, 0.25) is 0 Å². The fourth-order valence-electron chi connectivity index (χ4n) is 1.51. The largest absolute Gasteiger partial charge is 0.384 e. The molecule has 2 rings (SSSR count). The molecule has 5 nitrogen and oxygen atoms in total. The highest BCUT2D eigenvalue weighted by molar-refractivity contribution is 6.05. The number of aliphatic hydroxyl groups excluding tert-OH is 1. The maximum Gasteiger partial charge on any atom is 0.257 e. The zero-order chi connectivity index (χ0) is 14.4. The van der Waals surface area contributed by atoms with Gasteiger partial charge in [0.25, 0.3) is 5.91 Å². The summed E-state index contributed by atoms with van der Waals surface area (Å²) < 4.78 is 13.3. The number of benzene rings is 1. The van der Waals surface area contributed by atoms with Crippen molar-refractivity contribution < 1.29 is 14.3 Å². The molecule has 0 aliphatic carbocycles. The van der Waals surface area contributed by atoms with Gasteiger partial charge in [-0.15, -0.1) is 0 Å². The minimum atomic E-state index is -0.547. The number of aromatic nitrogens is 2. The Morgan fingerprint density at radius 2 is 2.10 bits per heavy atom. The van der Waals surface area contributed by atoms with E-state index in [0.717, 1.165) is 6.07 Å². The molecule has 0 aliphatic rings. The number of carbonyl (C=O) groups is 1. The van der Waals surface area contributed by atoms with Crippen molar-refractivity contribution in [1.29, 1.82) is 0 Å². The Balaban J connectivity index is 2.31. The number of halogens is 1. The van der Waals surface area contributed by atoms with Gasteiger partial charge in [0.1, 0.15) is 18.8 Å². The van der Waals surface area contributed by atoms with Gasteiger partial charge in [0.15, 0.2) is 0 Å². The Kier molecular flexibility index (Phi) is 4.37. The summed E-state index contributed by atoms with van der Waals surface area (Å²) in [5, 5.41) is 11.2. The Hall–Kier alpha value is -2.78. The number of anilines is 1. The molecule has 0 unspecified atom stereocenters. The van der Waals surface area contributed by atoms with E-state index in [1.807, 2.05) is 0 Å². The van der Waals surface area contributed by atoms with Crippen molar-refractivity contribution in [3.63, 3.8) is 0 Å². The van der Waals surface area contributed by atoms with Crippen molar-refractivity contribution in [2.45, 2.75) is 0 Å². The van der Waals surface area contributed by atoms with Crippen molar-refractivity contribution in [3.8, 4) is 11.8 Å². The van der Waals surface area contributed by atoms with Crippen molar-refractivity contribution in [2.75, 3.05) is 11.9 Å². The van der Waals surface area contributed by atoms with E-state index in [9.17, 15) is 9.18 Å². The second kappa shape index (κ2) is 6.41. The predicted molar refractivity (Wildman–Crippen MR) is 70.3 cm³/mol. The molecular formula is C14H10FN3O2. The summed E-state index contributed by atoms with van der Waals surface area (Å²) in [5.74, 6) is 3.95. The molecule has 0 spiro atoms. The summed E-state index contributed by atoms with van der Waals surface area (Å²) in [6.07, 6.45) is 4.17. The smallest absolute Gasteiger partial charge is 0.257 e. The van der Waals surface area contributed by atoms with Crippen LogP contribution in [0.2, 0.25) is 0 Å². The summed E-state index contributed by atoms with van der Waals surface area (Å²) >= 11 is 0. The summed E-state index contributed by atoms with van der Waals surface area (Å²) in [4.78, 5) is 19.6. The molecule has 1 amide bonds. The van der Waals surface area contributed by atoms with Crippen LogP contribution in [-0.2, 0) is 0 Å². The van der Waals surface area contributed by atoms with Crippen LogP contribution in [0.3, 0.4) is 0 Å². The lowest BCUT2D eigenvalue weighted by Crippen LogP contribution is -2.14. The second-order valence-electron chi connectivity index (χ2n) is 3.73. The van der Waals surface area contributed by atoms with E-state index in [4.69, 9.17) is 5.11 Å². The number of nitrogens with zero attached hydrogens (tertiary/aromatic N) is 2. The highest BCUT2D eigenvalue weighted by Gasteiger charge is 2.12. The minimum absolute atomic E-state index is 0.0785.